The van der Waals surface area contributed by atoms with Gasteiger partial charge in [-0.05, 0) is 0 Å². The predicted octanol–water partition coefficient (Wildman–Crippen LogP) is -4.98. The minimum atomic E-state index is 0. The predicted molar refractivity (Wildman–Crippen MR) is 34.9 cm³/mol. The van der Waals surface area contributed by atoms with E-state index in [4.69, 9.17) is 0 Å². The molecule has 0 saturated carbocycles. The Morgan fingerprint density at radius 3 is 1.57 bits per heavy atom. The van der Waals surface area contributed by atoms with E-state index < -0.39 is 0 Å². The van der Waals surface area contributed by atoms with Crippen LogP contribution in [0.4, 0.5) is 0 Å². The van der Waals surface area contributed by atoms with Crippen molar-refractivity contribution in [1.29, 1.82) is 0 Å². The van der Waals surface area contributed by atoms with Crippen LogP contribution in [0.1, 0.15) is 0 Å². The zero-order chi connectivity index (χ0) is 4.28. The Morgan fingerprint density at radius 2 is 1.57 bits per heavy atom. The molecule has 0 atom stereocenters. The van der Waals surface area contributed by atoms with Crippen LogP contribution in [-0.2, 0) is 24.3 Å². The zero-order valence-electron chi connectivity index (χ0n) is 4.13. The first-order chi connectivity index (χ1) is 2.27. The molecule has 0 aliphatic rings. The first kappa shape index (κ1) is 17.4. The Balaban J connectivity index is -0.0000000800. The Hall–Kier alpha value is 4.28. The summed E-state index contributed by atoms with van der Waals surface area (Å²) in [6, 6.07) is 0. The molecule has 0 aliphatic carbocycles. The molecule has 0 N–H and O–H groups in total. The molecule has 0 radical (unpaired) electrons. The third-order valence-corrected chi connectivity index (χ3v) is 1.84. The van der Waals surface area contributed by atoms with Crippen molar-refractivity contribution in [3.63, 3.8) is 0 Å². The fourth-order valence-electron chi connectivity index (χ4n) is 0. The van der Waals surface area contributed by atoms with E-state index in [0.717, 1.165) is 10.8 Å². The quantitative estimate of drug-likeness (QED) is 0.173. The summed E-state index contributed by atoms with van der Waals surface area (Å²) in [6.45, 7) is 0. The van der Waals surface area contributed by atoms with E-state index in [0.29, 0.717) is 3.53 Å². The maximum absolute atomic E-state index is 4.37. The van der Waals surface area contributed by atoms with Crippen molar-refractivity contribution >= 4 is 50.8 Å². The van der Waals surface area contributed by atoms with Gasteiger partial charge in [0.15, 0.2) is 0 Å². The van der Waals surface area contributed by atoms with Crippen LogP contribution in [0.15, 0.2) is 0 Å². The summed E-state index contributed by atoms with van der Waals surface area (Å²) < 4.78 is 0.403. The molecule has 0 amide bonds. The van der Waals surface area contributed by atoms with E-state index in [1.807, 2.05) is 0 Å². The average Bonchev–Trinajstić information content (AvgIpc) is 1.38. The molecule has 0 fully saturated rings. The number of thiocarbonyl (C=S) groups is 1. The second-order valence-corrected chi connectivity index (χ2v) is 3.00. The van der Waals surface area contributed by atoms with Gasteiger partial charge in [-0.3, -0.25) is 0 Å². The summed E-state index contributed by atoms with van der Waals surface area (Å²) >= 11 is 13.1. The van der Waals surface area contributed by atoms with Gasteiger partial charge < -0.3 is 47.3 Å². The molecule has 0 aromatic heterocycles. The smallest absolute Gasteiger partial charge is 0.715 e. The van der Waals surface area contributed by atoms with Crippen molar-refractivity contribution in [2.24, 2.45) is 0 Å². The van der Waals surface area contributed by atoms with Crippen LogP contribution in [0.2, 0.25) is 0 Å². The van der Waals surface area contributed by atoms with Gasteiger partial charge in [-0.2, -0.15) is 0 Å². The van der Waals surface area contributed by atoms with Gasteiger partial charge in [0.05, 0.1) is 0 Å². The van der Waals surface area contributed by atoms with Crippen molar-refractivity contribution in [2.45, 2.75) is 0 Å². The van der Waals surface area contributed by atoms with Gasteiger partial charge in [-0.25, -0.2) is 0 Å². The summed E-state index contributed by atoms with van der Waals surface area (Å²) in [4.78, 5) is 0. The first-order valence-electron chi connectivity index (χ1n) is 0.779. The summed E-state index contributed by atoms with van der Waals surface area (Å²) in [5.41, 5.74) is 0. The van der Waals surface area contributed by atoms with Gasteiger partial charge in [0.1, 0.15) is 0 Å². The van der Waals surface area contributed by atoms with Gasteiger partial charge in [-0.1, -0.05) is 0 Å². The minimum Gasteiger partial charge on any atom is -0.715 e. The summed E-state index contributed by atoms with van der Waals surface area (Å²) in [5.74, 6) is 0. The van der Waals surface area contributed by atoms with Gasteiger partial charge in [0, 0.05) is 0 Å². The molecular formula is CK2S4. The number of hydrogen-bond acceptors (Lipinski definition) is 4. The van der Waals surface area contributed by atoms with Crippen LogP contribution < -0.4 is 103 Å². The molecule has 0 nitrogen and oxygen atoms in total. The number of rotatable bonds is 0. The van der Waals surface area contributed by atoms with Crippen molar-refractivity contribution in [3.05, 3.63) is 0 Å². The van der Waals surface area contributed by atoms with Crippen LogP contribution in [0.5, 0.6) is 0 Å². The van der Waals surface area contributed by atoms with Crippen molar-refractivity contribution < 1.29 is 103 Å². The van der Waals surface area contributed by atoms with Gasteiger partial charge in [0.25, 0.3) is 0 Å². The third-order valence-electron chi connectivity index (χ3n) is 0.0680. The molecule has 0 aromatic rings. The van der Waals surface area contributed by atoms with Crippen molar-refractivity contribution in [3.8, 4) is 0 Å². The molecule has 0 aliphatic heterocycles. The van der Waals surface area contributed by atoms with Crippen molar-refractivity contribution in [1.82, 2.24) is 0 Å². The zero-order valence-corrected chi connectivity index (χ0v) is 13.6. The molecule has 0 aromatic carbocycles. The molecule has 0 saturated heterocycles. The van der Waals surface area contributed by atoms with Gasteiger partial charge in [-0.15, -0.1) is 3.53 Å². The van der Waals surface area contributed by atoms with Crippen LogP contribution in [0.25, 0.3) is 0 Å². The molecule has 30 valence electrons. The van der Waals surface area contributed by atoms with E-state index in [9.17, 15) is 0 Å². The molecule has 6 heteroatoms. The van der Waals surface area contributed by atoms with Gasteiger partial charge in [0.2, 0.25) is 0 Å². The third kappa shape index (κ3) is 17.9. The fraction of sp³-hybridized carbons (Fsp3) is 0. The second kappa shape index (κ2) is 12.9. The molecule has 0 rings (SSSR count). The van der Waals surface area contributed by atoms with E-state index >= 15 is 0 Å². The molecule has 0 bridgehead atoms. The summed E-state index contributed by atoms with van der Waals surface area (Å²) in [7, 11) is 1.01. The molecule has 0 spiro atoms. The van der Waals surface area contributed by atoms with Crippen LogP contribution in [0.3, 0.4) is 0 Å². The van der Waals surface area contributed by atoms with E-state index in [2.05, 4.69) is 36.5 Å². The standard InChI is InChI=1S/CH2S4.2K/c2-1(3)5-4;;/h4H,(H,2,3);;/q;2*+1/p-2. The normalized spacial score (nSPS) is 5.29. The second-order valence-electron chi connectivity index (χ2n) is 0.333. The molecular weight excluding hydrogens is 218 g/mol. The minimum absolute atomic E-state index is 0. The Kier molecular flexibility index (Phi) is 32.1. The SMILES string of the molecule is S=C([S-])S[S-].[K+].[K+]. The number of hydrogen-bond donors (Lipinski definition) is 0. The fourth-order valence-corrected chi connectivity index (χ4v) is 0. The van der Waals surface area contributed by atoms with Crippen molar-refractivity contribution in [2.75, 3.05) is 0 Å². The molecule has 0 heterocycles. The van der Waals surface area contributed by atoms with E-state index in [1.165, 1.54) is 0 Å². The Bertz CT molecular complexity index is 45.0. The molecule has 0 unspecified atom stereocenters. The average molecular weight is 218 g/mol. The monoisotopic (exact) mass is 218 g/mol. The summed E-state index contributed by atoms with van der Waals surface area (Å²) in [6.07, 6.45) is 0. The maximum Gasteiger partial charge on any atom is 1.00 e. The first-order valence-corrected chi connectivity index (χ1v) is 3.34. The van der Waals surface area contributed by atoms with Crippen LogP contribution in [0, 0.1) is 0 Å². The van der Waals surface area contributed by atoms with Crippen LogP contribution in [-0.4, -0.2) is 3.53 Å². The summed E-state index contributed by atoms with van der Waals surface area (Å²) in [5, 5.41) is 0. The van der Waals surface area contributed by atoms with Gasteiger partial charge >= 0.3 is 103 Å². The van der Waals surface area contributed by atoms with Crippen LogP contribution >= 0.6 is 23.0 Å². The largest absolute Gasteiger partial charge is 1.00 e. The van der Waals surface area contributed by atoms with E-state index in [1.54, 1.807) is 0 Å². The van der Waals surface area contributed by atoms with E-state index in [-0.39, 0.29) is 103 Å². The maximum atomic E-state index is 4.37. The molecule has 7 heavy (non-hydrogen) atoms. The topological polar surface area (TPSA) is 0 Å². The Morgan fingerprint density at radius 1 is 1.43 bits per heavy atom. The Labute approximate surface area is 149 Å².